The normalized spacial score (nSPS) is 12.3. The molecular weight excluding hydrogens is 734 g/mol. The first kappa shape index (κ1) is 43.0. The number of nitrogens with zero attached hydrogens (tertiary/aromatic N) is 3. The lowest BCUT2D eigenvalue weighted by molar-refractivity contribution is -0.163. The number of benzene rings is 3. The predicted octanol–water partition coefficient (Wildman–Crippen LogP) is 3.69. The topological polar surface area (TPSA) is 252 Å². The van der Waals surface area contributed by atoms with Gasteiger partial charge in [0.25, 0.3) is 11.8 Å². The van der Waals surface area contributed by atoms with Crippen LogP contribution in [0.5, 0.6) is 5.75 Å². The number of amides is 2. The summed E-state index contributed by atoms with van der Waals surface area (Å²) in [5.41, 5.74) is 0.970. The molecule has 4 atom stereocenters. The Labute approximate surface area is 319 Å². The van der Waals surface area contributed by atoms with Gasteiger partial charge in [-0.3, -0.25) is 9.59 Å². The van der Waals surface area contributed by atoms with Crippen LogP contribution in [0.25, 0.3) is 0 Å². The number of nitrogens with one attached hydrogen (secondary N) is 2. The Hall–Kier alpha value is -7.38. The molecule has 0 aliphatic rings. The third-order valence-electron chi connectivity index (χ3n) is 7.54. The van der Waals surface area contributed by atoms with E-state index in [1.54, 1.807) is 0 Å². The maximum Gasteiger partial charge on any atom is 0.352 e. The summed E-state index contributed by atoms with van der Waals surface area (Å²) in [7, 11) is 0. The van der Waals surface area contributed by atoms with E-state index in [4.69, 9.17) is 18.9 Å². The van der Waals surface area contributed by atoms with Crippen molar-refractivity contribution in [2.24, 2.45) is 15.0 Å². The number of carbonyl (C=O) groups excluding carboxylic acids is 9. The molecule has 2 N–H and O–H groups in total. The SMILES string of the molecule is CC(OC(=O)c1ccc(N=C=O)cc1)C(=O)NCCCCC(NC(=O)C(C)OC(=O)c1ccc(N=C=O)cc1)C(=O)OC(C)C(=O)Oc1ccc(N=C=O)cc1. The lowest BCUT2D eigenvalue weighted by Crippen LogP contribution is -2.47. The van der Waals surface area contributed by atoms with Crippen molar-refractivity contribution in [2.75, 3.05) is 6.54 Å². The first-order valence-electron chi connectivity index (χ1n) is 16.8. The van der Waals surface area contributed by atoms with Crippen LogP contribution >= 0.6 is 0 Å². The van der Waals surface area contributed by atoms with Crippen molar-refractivity contribution in [1.29, 1.82) is 0 Å². The Morgan fingerprint density at radius 3 is 1.48 bits per heavy atom. The number of carbonyl (C=O) groups is 6. The molecule has 0 saturated carbocycles. The number of aliphatic imine (C=N–C) groups is 3. The van der Waals surface area contributed by atoms with E-state index in [1.165, 1.54) is 112 Å². The van der Waals surface area contributed by atoms with E-state index in [2.05, 4.69) is 25.6 Å². The highest BCUT2D eigenvalue weighted by Gasteiger charge is 2.30. The van der Waals surface area contributed by atoms with Crippen LogP contribution in [0.1, 0.15) is 60.7 Å². The maximum absolute atomic E-state index is 13.3. The molecule has 0 spiro atoms. The molecule has 0 radical (unpaired) electrons. The molecule has 0 aliphatic heterocycles. The van der Waals surface area contributed by atoms with Gasteiger partial charge in [-0.1, -0.05) is 0 Å². The molecule has 3 rings (SSSR count). The molecule has 3 aromatic carbocycles. The Balaban J connectivity index is 1.59. The lowest BCUT2D eigenvalue weighted by Gasteiger charge is -2.22. The minimum Gasteiger partial charge on any atom is -0.449 e. The number of hydrogen-bond acceptors (Lipinski definition) is 16. The largest absolute Gasteiger partial charge is 0.449 e. The van der Waals surface area contributed by atoms with Gasteiger partial charge < -0.3 is 29.6 Å². The van der Waals surface area contributed by atoms with Crippen molar-refractivity contribution < 1.29 is 62.1 Å². The summed E-state index contributed by atoms with van der Waals surface area (Å²) < 4.78 is 21.0. The highest BCUT2D eigenvalue weighted by molar-refractivity contribution is 5.94. The molecule has 4 unspecified atom stereocenters. The van der Waals surface area contributed by atoms with E-state index < -0.39 is 60.0 Å². The third-order valence-corrected chi connectivity index (χ3v) is 7.54. The number of ether oxygens (including phenoxy) is 4. The van der Waals surface area contributed by atoms with Gasteiger partial charge >= 0.3 is 23.9 Å². The van der Waals surface area contributed by atoms with Gasteiger partial charge in [-0.2, -0.15) is 15.0 Å². The van der Waals surface area contributed by atoms with Gasteiger partial charge in [-0.25, -0.2) is 33.6 Å². The fraction of sp³-hybridized carbons (Fsp3) is 0.289. The second-order valence-electron chi connectivity index (χ2n) is 11.6. The molecule has 290 valence electrons. The molecule has 0 heterocycles. The molecule has 18 nitrogen and oxygen atoms in total. The van der Waals surface area contributed by atoms with E-state index >= 15 is 0 Å². The van der Waals surface area contributed by atoms with Crippen molar-refractivity contribution >= 4 is 71.0 Å². The number of rotatable bonds is 19. The maximum atomic E-state index is 13.3. The van der Waals surface area contributed by atoms with Crippen molar-refractivity contribution in [3.8, 4) is 5.75 Å². The zero-order valence-electron chi connectivity index (χ0n) is 30.2. The average Bonchev–Trinajstić information content (AvgIpc) is 3.18. The van der Waals surface area contributed by atoms with Crippen LogP contribution in [0.4, 0.5) is 17.1 Å². The number of unbranched alkanes of at least 4 members (excludes halogenated alkanes) is 1. The smallest absolute Gasteiger partial charge is 0.352 e. The van der Waals surface area contributed by atoms with Crippen molar-refractivity contribution in [3.63, 3.8) is 0 Å². The van der Waals surface area contributed by atoms with Crippen LogP contribution in [0.15, 0.2) is 87.8 Å². The van der Waals surface area contributed by atoms with E-state index in [1.807, 2.05) is 0 Å². The molecule has 18 heteroatoms. The van der Waals surface area contributed by atoms with E-state index in [9.17, 15) is 43.2 Å². The Morgan fingerprint density at radius 2 is 1.02 bits per heavy atom. The standard InChI is InChI=1S/C38H35N5O13/c1-23(53-36(50)26-7-11-28(12-8-26)40-20-44)33(47)39-19-5-4-6-32(38(52)55-25(3)35(49)56-31-17-15-30(16-18-31)42-22-46)43-34(48)24(2)54-37(51)27-9-13-29(14-10-27)41-21-45/h7-18,23-25,32H,4-6,19H2,1-3H3,(H,39,47)(H,43,48). The second-order valence-corrected chi connectivity index (χ2v) is 11.6. The highest BCUT2D eigenvalue weighted by atomic mass is 16.6. The molecule has 0 aromatic heterocycles. The summed E-state index contributed by atoms with van der Waals surface area (Å²) in [4.78, 5) is 118. The van der Waals surface area contributed by atoms with Gasteiger partial charge in [-0.05, 0) is 113 Å². The zero-order valence-corrected chi connectivity index (χ0v) is 30.2. The van der Waals surface area contributed by atoms with E-state index in [-0.39, 0.29) is 59.7 Å². The molecule has 0 fully saturated rings. The molecule has 0 aliphatic carbocycles. The molecule has 0 saturated heterocycles. The van der Waals surface area contributed by atoms with E-state index in [0.29, 0.717) is 0 Å². The van der Waals surface area contributed by atoms with Crippen LogP contribution in [0, 0.1) is 0 Å². The average molecular weight is 770 g/mol. The van der Waals surface area contributed by atoms with Crippen LogP contribution < -0.4 is 15.4 Å². The van der Waals surface area contributed by atoms with Crippen LogP contribution in [-0.2, 0) is 47.8 Å². The number of esters is 4. The molecule has 0 bridgehead atoms. The fourth-order valence-corrected chi connectivity index (χ4v) is 4.53. The van der Waals surface area contributed by atoms with Gasteiger partial charge in [0.2, 0.25) is 18.2 Å². The van der Waals surface area contributed by atoms with Crippen molar-refractivity contribution in [1.82, 2.24) is 10.6 Å². The molecule has 56 heavy (non-hydrogen) atoms. The van der Waals surface area contributed by atoms with Gasteiger partial charge in [0.1, 0.15) is 11.8 Å². The van der Waals surface area contributed by atoms with Crippen molar-refractivity contribution in [3.05, 3.63) is 83.9 Å². The Bertz CT molecular complexity index is 2030. The quantitative estimate of drug-likeness (QED) is 0.0441. The lowest BCUT2D eigenvalue weighted by atomic mass is 10.1. The van der Waals surface area contributed by atoms with E-state index in [0.717, 1.165) is 0 Å². The van der Waals surface area contributed by atoms with Crippen LogP contribution in [0.2, 0.25) is 0 Å². The van der Waals surface area contributed by atoms with Gasteiger partial charge in [0.15, 0.2) is 18.3 Å². The summed E-state index contributed by atoms with van der Waals surface area (Å²) in [6, 6.07) is 15.1. The fourth-order valence-electron chi connectivity index (χ4n) is 4.53. The minimum atomic E-state index is -1.44. The van der Waals surface area contributed by atoms with Crippen LogP contribution in [-0.4, -0.2) is 84.8 Å². The second kappa shape index (κ2) is 22.0. The summed E-state index contributed by atoms with van der Waals surface area (Å²) in [5.74, 6) is -5.04. The summed E-state index contributed by atoms with van der Waals surface area (Å²) in [6.07, 6.45) is 0.578. The Kier molecular flexibility index (Phi) is 16.9. The van der Waals surface area contributed by atoms with Gasteiger partial charge in [0, 0.05) is 6.54 Å². The number of hydrogen-bond donors (Lipinski definition) is 2. The van der Waals surface area contributed by atoms with Crippen LogP contribution in [0.3, 0.4) is 0 Å². The summed E-state index contributed by atoms with van der Waals surface area (Å²) in [6.45, 7) is 3.97. The summed E-state index contributed by atoms with van der Waals surface area (Å²) in [5, 5.41) is 5.07. The molecule has 2 amide bonds. The molecular formula is C38H35N5O13. The summed E-state index contributed by atoms with van der Waals surface area (Å²) >= 11 is 0. The first-order valence-corrected chi connectivity index (χ1v) is 16.8. The van der Waals surface area contributed by atoms with Gasteiger partial charge in [0.05, 0.1) is 28.2 Å². The minimum absolute atomic E-state index is 0.0466. The zero-order chi connectivity index (χ0) is 41.0. The van der Waals surface area contributed by atoms with Gasteiger partial charge in [-0.15, -0.1) is 0 Å². The number of isocyanates is 3. The monoisotopic (exact) mass is 769 g/mol. The Morgan fingerprint density at radius 1 is 0.571 bits per heavy atom. The molecule has 3 aromatic rings. The first-order chi connectivity index (χ1) is 26.8. The third kappa shape index (κ3) is 13.9. The predicted molar refractivity (Wildman–Crippen MR) is 192 cm³/mol. The highest BCUT2D eigenvalue weighted by Crippen LogP contribution is 2.19. The van der Waals surface area contributed by atoms with Crippen molar-refractivity contribution in [2.45, 2.75) is 64.4 Å².